The molecule has 0 fully saturated rings. The molecule has 0 aliphatic heterocycles. The Hall–Kier alpha value is -4.25. The van der Waals surface area contributed by atoms with Crippen LogP contribution in [-0.2, 0) is 20.8 Å². The Morgan fingerprint density at radius 1 is 1.09 bits per heavy atom. The molecule has 1 unspecified atom stereocenters. The molecule has 1 aromatic heterocycles. The lowest BCUT2D eigenvalue weighted by atomic mass is 9.98. The fraction of sp³-hybridized carbons (Fsp3) is 0.292. The van der Waals surface area contributed by atoms with Gasteiger partial charge in [0.2, 0.25) is 0 Å². The number of hydrogen-bond donors (Lipinski definition) is 3. The first-order valence-electron chi connectivity index (χ1n) is 11.0. The van der Waals surface area contributed by atoms with Gasteiger partial charge in [-0.15, -0.1) is 5.10 Å². The summed E-state index contributed by atoms with van der Waals surface area (Å²) in [7, 11) is 1.34. The van der Waals surface area contributed by atoms with Crippen LogP contribution in [0, 0.1) is 0 Å². The second kappa shape index (κ2) is 10.8. The van der Waals surface area contributed by atoms with E-state index in [0.29, 0.717) is 0 Å². The molecule has 4 rings (SSSR count). The second-order valence-electron chi connectivity index (χ2n) is 7.94. The number of aliphatic carboxylic acids is 1. The van der Waals surface area contributed by atoms with E-state index in [1.54, 1.807) is 0 Å². The fourth-order valence-electron chi connectivity index (χ4n) is 4.01. The van der Waals surface area contributed by atoms with Gasteiger partial charge in [-0.25, -0.2) is 14.3 Å². The number of carbonyl (C=O) groups excluding carboxylic acids is 2. The van der Waals surface area contributed by atoms with Crippen molar-refractivity contribution in [3.8, 4) is 11.1 Å². The fourth-order valence-corrected chi connectivity index (χ4v) is 4.01. The highest BCUT2D eigenvalue weighted by atomic mass is 16.5. The molecule has 0 radical (unpaired) electrons. The molecule has 0 saturated carbocycles. The lowest BCUT2D eigenvalue weighted by Gasteiger charge is -2.14. The number of methoxy groups -OCH3 is 1. The van der Waals surface area contributed by atoms with Crippen LogP contribution in [0.2, 0.25) is 0 Å². The van der Waals surface area contributed by atoms with Crippen molar-refractivity contribution in [3.63, 3.8) is 0 Å². The Kier molecular flexibility index (Phi) is 7.36. The van der Waals surface area contributed by atoms with Crippen LogP contribution in [0.15, 0.2) is 54.7 Å². The highest BCUT2D eigenvalue weighted by Gasteiger charge is 2.29. The van der Waals surface area contributed by atoms with Crippen LogP contribution in [-0.4, -0.2) is 71.0 Å². The third kappa shape index (κ3) is 5.46. The highest BCUT2D eigenvalue weighted by molar-refractivity contribution is 5.94. The average Bonchev–Trinajstić information content (AvgIpc) is 3.45. The lowest BCUT2D eigenvalue weighted by Crippen LogP contribution is -2.43. The van der Waals surface area contributed by atoms with E-state index in [1.807, 2.05) is 36.4 Å². The van der Waals surface area contributed by atoms with Gasteiger partial charge in [0.15, 0.2) is 11.7 Å². The van der Waals surface area contributed by atoms with Crippen LogP contribution in [0.4, 0.5) is 4.79 Å². The van der Waals surface area contributed by atoms with Crippen LogP contribution in [0.5, 0.6) is 0 Å². The van der Waals surface area contributed by atoms with Crippen molar-refractivity contribution in [1.82, 2.24) is 25.6 Å². The van der Waals surface area contributed by atoms with Gasteiger partial charge >= 0.3 is 12.1 Å². The Morgan fingerprint density at radius 3 is 2.37 bits per heavy atom. The standard InChI is InChI=1S/C24H25N5O6/c1-34-14-21(23(31)32)26-22(30)20-12-29(28-27-20)11-10-25-24(33)35-13-19-17-8-4-2-6-15(17)16-7-3-5-9-18(16)19/h2-9,12,19,21H,10-11,13-14H2,1H3,(H,25,33)(H,26,30)(H,31,32). The van der Waals surface area contributed by atoms with Gasteiger partial charge in [0.1, 0.15) is 6.61 Å². The molecular formula is C24H25N5O6. The zero-order chi connectivity index (χ0) is 24.8. The normalized spacial score (nSPS) is 12.9. The van der Waals surface area contributed by atoms with Gasteiger partial charge in [-0.2, -0.15) is 0 Å². The summed E-state index contributed by atoms with van der Waals surface area (Å²) in [6.07, 6.45) is 0.800. The van der Waals surface area contributed by atoms with Gasteiger partial charge in [-0.1, -0.05) is 53.7 Å². The SMILES string of the molecule is COCC(NC(=O)c1cn(CCNC(=O)OCC2c3ccccc3-c3ccccc32)nn1)C(=O)O. The van der Waals surface area contributed by atoms with Crippen molar-refractivity contribution in [3.05, 3.63) is 71.5 Å². The predicted molar refractivity (Wildman–Crippen MR) is 124 cm³/mol. The summed E-state index contributed by atoms with van der Waals surface area (Å²) < 4.78 is 11.6. The maximum absolute atomic E-state index is 12.3. The molecular weight excluding hydrogens is 454 g/mol. The van der Waals surface area contributed by atoms with Crippen LogP contribution < -0.4 is 10.6 Å². The number of fused-ring (bicyclic) bond motifs is 3. The number of benzene rings is 2. The van der Waals surface area contributed by atoms with E-state index in [1.165, 1.54) is 18.0 Å². The zero-order valence-electron chi connectivity index (χ0n) is 19.0. The van der Waals surface area contributed by atoms with Crippen LogP contribution in [0.3, 0.4) is 0 Å². The number of carbonyl (C=O) groups is 3. The number of hydrogen-bond acceptors (Lipinski definition) is 7. The van der Waals surface area contributed by atoms with Crippen molar-refractivity contribution in [2.24, 2.45) is 0 Å². The topological polar surface area (TPSA) is 145 Å². The number of nitrogens with one attached hydrogen (secondary N) is 2. The lowest BCUT2D eigenvalue weighted by molar-refractivity contribution is -0.140. The number of amides is 2. The third-order valence-corrected chi connectivity index (χ3v) is 5.66. The van der Waals surface area contributed by atoms with Crippen molar-refractivity contribution < 1.29 is 29.0 Å². The second-order valence-corrected chi connectivity index (χ2v) is 7.94. The first-order chi connectivity index (χ1) is 17.0. The molecule has 3 aromatic rings. The maximum atomic E-state index is 12.3. The third-order valence-electron chi connectivity index (χ3n) is 5.66. The quantitative estimate of drug-likeness (QED) is 0.398. The van der Waals surface area contributed by atoms with Crippen molar-refractivity contribution in [2.45, 2.75) is 18.5 Å². The minimum Gasteiger partial charge on any atom is -0.480 e. The van der Waals surface area contributed by atoms with Crippen molar-refractivity contribution >= 4 is 18.0 Å². The van der Waals surface area contributed by atoms with Gasteiger partial charge in [-0.05, 0) is 22.3 Å². The molecule has 11 nitrogen and oxygen atoms in total. The molecule has 3 N–H and O–H groups in total. The van der Waals surface area contributed by atoms with Crippen LogP contribution in [0.1, 0.15) is 27.5 Å². The van der Waals surface area contributed by atoms with Crippen LogP contribution in [0.25, 0.3) is 11.1 Å². The average molecular weight is 479 g/mol. The van der Waals surface area contributed by atoms with E-state index in [4.69, 9.17) is 14.6 Å². The Labute approximate surface area is 201 Å². The molecule has 1 aliphatic rings. The summed E-state index contributed by atoms with van der Waals surface area (Å²) in [6.45, 7) is 0.465. The van der Waals surface area contributed by atoms with Crippen molar-refractivity contribution in [1.29, 1.82) is 0 Å². The van der Waals surface area contributed by atoms with E-state index in [-0.39, 0.29) is 37.9 Å². The summed E-state index contributed by atoms with van der Waals surface area (Å²) in [5.41, 5.74) is 4.52. The molecule has 2 amide bonds. The minimum atomic E-state index is -1.22. The minimum absolute atomic E-state index is 0.0303. The molecule has 1 aliphatic carbocycles. The van der Waals surface area contributed by atoms with Gasteiger partial charge in [0, 0.05) is 19.6 Å². The van der Waals surface area contributed by atoms with Gasteiger partial charge in [0.05, 0.1) is 19.3 Å². The molecule has 0 saturated heterocycles. The van der Waals surface area contributed by atoms with Gasteiger partial charge < -0.3 is 25.2 Å². The molecule has 182 valence electrons. The number of ether oxygens (including phenoxy) is 2. The molecule has 1 atom stereocenters. The Bertz CT molecular complexity index is 1180. The molecule has 0 bridgehead atoms. The number of nitrogens with zero attached hydrogens (tertiary/aromatic N) is 3. The summed E-state index contributed by atoms with van der Waals surface area (Å²) in [5, 5.41) is 21.6. The largest absolute Gasteiger partial charge is 0.480 e. The maximum Gasteiger partial charge on any atom is 0.407 e. The summed E-state index contributed by atoms with van der Waals surface area (Å²) in [6, 6.07) is 15.0. The summed E-state index contributed by atoms with van der Waals surface area (Å²) in [4.78, 5) is 35.6. The smallest absolute Gasteiger partial charge is 0.407 e. The molecule has 0 spiro atoms. The number of aromatic nitrogens is 3. The van der Waals surface area contributed by atoms with Gasteiger partial charge in [0.25, 0.3) is 5.91 Å². The molecule has 35 heavy (non-hydrogen) atoms. The van der Waals surface area contributed by atoms with E-state index < -0.39 is 24.0 Å². The number of rotatable bonds is 10. The van der Waals surface area contributed by atoms with E-state index >= 15 is 0 Å². The zero-order valence-corrected chi connectivity index (χ0v) is 19.0. The Balaban J connectivity index is 1.25. The monoisotopic (exact) mass is 479 g/mol. The predicted octanol–water partition coefficient (Wildman–Crippen LogP) is 1.65. The Morgan fingerprint density at radius 2 is 1.74 bits per heavy atom. The van der Waals surface area contributed by atoms with Crippen molar-refractivity contribution in [2.75, 3.05) is 26.9 Å². The first kappa shape index (κ1) is 23.9. The van der Waals surface area contributed by atoms with Gasteiger partial charge in [-0.3, -0.25) is 4.79 Å². The first-order valence-corrected chi connectivity index (χ1v) is 11.0. The van der Waals surface area contributed by atoms with Crippen LogP contribution >= 0.6 is 0 Å². The summed E-state index contributed by atoms with van der Waals surface area (Å²) in [5.74, 6) is -1.94. The van der Waals surface area contributed by atoms with E-state index in [9.17, 15) is 14.4 Å². The van der Waals surface area contributed by atoms with E-state index in [0.717, 1.165) is 22.3 Å². The number of carboxylic acid groups (broad SMARTS) is 1. The highest BCUT2D eigenvalue weighted by Crippen LogP contribution is 2.44. The molecule has 2 aromatic carbocycles. The molecule has 11 heteroatoms. The summed E-state index contributed by atoms with van der Waals surface area (Å²) >= 11 is 0. The molecule has 1 heterocycles. The van der Waals surface area contributed by atoms with E-state index in [2.05, 4.69) is 33.1 Å². The number of carboxylic acids is 1. The number of alkyl carbamates (subject to hydrolysis) is 1.